The standard InChI is InChI=1S/C16H16N2O/c1-2-16(19)13-8-4-6-10-15(13)18-14-9-5-3-7-12(14)11-17-18/h3-11,16,19H,2H2,1H3. The van der Waals surface area contributed by atoms with Gasteiger partial charge in [-0.1, -0.05) is 43.3 Å². The fourth-order valence-corrected chi connectivity index (χ4v) is 2.35. The highest BCUT2D eigenvalue weighted by molar-refractivity contribution is 5.80. The molecule has 0 saturated heterocycles. The molecule has 0 radical (unpaired) electrons. The van der Waals surface area contributed by atoms with E-state index in [0.29, 0.717) is 6.42 Å². The number of aliphatic hydroxyl groups is 1. The summed E-state index contributed by atoms with van der Waals surface area (Å²) in [5, 5.41) is 15.7. The molecule has 3 rings (SSSR count). The van der Waals surface area contributed by atoms with Crippen LogP contribution in [0.1, 0.15) is 25.0 Å². The number of hydrogen-bond acceptors (Lipinski definition) is 2. The first-order valence-corrected chi connectivity index (χ1v) is 6.51. The molecule has 1 heterocycles. The van der Waals surface area contributed by atoms with Crippen LogP contribution < -0.4 is 0 Å². The van der Waals surface area contributed by atoms with Gasteiger partial charge < -0.3 is 5.11 Å². The summed E-state index contributed by atoms with van der Waals surface area (Å²) in [6.07, 6.45) is 2.08. The van der Waals surface area contributed by atoms with Crippen LogP contribution in [0.5, 0.6) is 0 Å². The van der Waals surface area contributed by atoms with Gasteiger partial charge in [0.05, 0.1) is 23.5 Å². The number of aromatic nitrogens is 2. The molecule has 19 heavy (non-hydrogen) atoms. The Bertz CT molecular complexity index is 703. The minimum absolute atomic E-state index is 0.459. The number of hydrogen-bond donors (Lipinski definition) is 1. The fraction of sp³-hybridized carbons (Fsp3) is 0.188. The number of rotatable bonds is 3. The number of benzene rings is 2. The maximum Gasteiger partial charge on any atom is 0.0808 e. The highest BCUT2D eigenvalue weighted by Gasteiger charge is 2.13. The summed E-state index contributed by atoms with van der Waals surface area (Å²) in [4.78, 5) is 0. The first-order chi connectivity index (χ1) is 9.31. The zero-order valence-electron chi connectivity index (χ0n) is 10.8. The van der Waals surface area contributed by atoms with Gasteiger partial charge in [-0.3, -0.25) is 0 Å². The van der Waals surface area contributed by atoms with Crippen molar-refractivity contribution in [2.45, 2.75) is 19.4 Å². The monoisotopic (exact) mass is 252 g/mol. The largest absolute Gasteiger partial charge is 0.388 e. The van der Waals surface area contributed by atoms with Crippen molar-refractivity contribution in [3.63, 3.8) is 0 Å². The van der Waals surface area contributed by atoms with Crippen molar-refractivity contribution in [1.82, 2.24) is 9.78 Å². The minimum atomic E-state index is -0.459. The number of nitrogens with zero attached hydrogens (tertiary/aromatic N) is 2. The molecule has 2 aromatic carbocycles. The van der Waals surface area contributed by atoms with Crippen molar-refractivity contribution in [3.05, 3.63) is 60.3 Å². The van der Waals surface area contributed by atoms with Crippen LogP contribution in [0.4, 0.5) is 0 Å². The predicted octanol–water partition coefficient (Wildman–Crippen LogP) is 3.47. The summed E-state index contributed by atoms with van der Waals surface area (Å²) in [7, 11) is 0. The van der Waals surface area contributed by atoms with Crippen LogP contribution in [0.2, 0.25) is 0 Å². The summed E-state index contributed by atoms with van der Waals surface area (Å²) in [6.45, 7) is 1.97. The zero-order valence-corrected chi connectivity index (χ0v) is 10.8. The molecule has 1 atom stereocenters. The molecule has 0 fully saturated rings. The maximum atomic E-state index is 10.1. The van der Waals surface area contributed by atoms with Crippen LogP contribution in [0.3, 0.4) is 0 Å². The Hall–Kier alpha value is -2.13. The minimum Gasteiger partial charge on any atom is -0.388 e. The van der Waals surface area contributed by atoms with E-state index in [1.54, 1.807) is 0 Å². The van der Waals surface area contributed by atoms with Crippen molar-refractivity contribution in [3.8, 4) is 5.69 Å². The first kappa shape index (κ1) is 11.9. The Morgan fingerprint density at radius 1 is 1.11 bits per heavy atom. The third-order valence-electron chi connectivity index (χ3n) is 3.39. The van der Waals surface area contributed by atoms with Crippen LogP contribution in [-0.2, 0) is 0 Å². The lowest BCUT2D eigenvalue weighted by Gasteiger charge is -2.14. The highest BCUT2D eigenvalue weighted by Crippen LogP contribution is 2.26. The summed E-state index contributed by atoms with van der Waals surface area (Å²) >= 11 is 0. The number of fused-ring (bicyclic) bond motifs is 1. The Morgan fingerprint density at radius 3 is 2.68 bits per heavy atom. The van der Waals surface area contributed by atoms with Crippen molar-refractivity contribution in [1.29, 1.82) is 0 Å². The molecule has 0 aliphatic rings. The van der Waals surface area contributed by atoms with Gasteiger partial charge in [-0.2, -0.15) is 5.10 Å². The van der Waals surface area contributed by atoms with E-state index in [2.05, 4.69) is 5.10 Å². The SMILES string of the molecule is CCC(O)c1ccccc1-n1ncc2ccccc21. The average molecular weight is 252 g/mol. The van der Waals surface area contributed by atoms with Crippen LogP contribution in [0.25, 0.3) is 16.6 Å². The second kappa shape index (κ2) is 4.86. The van der Waals surface area contributed by atoms with Gasteiger partial charge in [0.1, 0.15) is 0 Å². The van der Waals surface area contributed by atoms with E-state index >= 15 is 0 Å². The Balaban J connectivity index is 2.22. The van der Waals surface area contributed by atoms with Crippen LogP contribution >= 0.6 is 0 Å². The van der Waals surface area contributed by atoms with E-state index < -0.39 is 6.10 Å². The van der Waals surface area contributed by atoms with Crippen LogP contribution in [-0.4, -0.2) is 14.9 Å². The topological polar surface area (TPSA) is 38.0 Å². The van der Waals surface area contributed by atoms with Gasteiger partial charge in [0, 0.05) is 10.9 Å². The summed E-state index contributed by atoms with van der Waals surface area (Å²) < 4.78 is 1.89. The lowest BCUT2D eigenvalue weighted by Crippen LogP contribution is -2.05. The van der Waals surface area contributed by atoms with Crippen LogP contribution in [0.15, 0.2) is 54.7 Å². The number of para-hydroxylation sites is 2. The normalized spacial score (nSPS) is 12.7. The highest BCUT2D eigenvalue weighted by atomic mass is 16.3. The summed E-state index contributed by atoms with van der Waals surface area (Å²) in [6, 6.07) is 15.9. The molecule has 0 saturated carbocycles. The summed E-state index contributed by atoms with van der Waals surface area (Å²) in [5.41, 5.74) is 2.91. The van der Waals surface area contributed by atoms with Crippen molar-refractivity contribution in [2.75, 3.05) is 0 Å². The zero-order chi connectivity index (χ0) is 13.2. The summed E-state index contributed by atoms with van der Waals surface area (Å²) in [5.74, 6) is 0. The van der Waals surface area contributed by atoms with Gasteiger partial charge >= 0.3 is 0 Å². The Kier molecular flexibility index (Phi) is 3.05. The molecule has 1 unspecified atom stereocenters. The van der Waals surface area contributed by atoms with Gasteiger partial charge in [-0.05, 0) is 18.6 Å². The second-order valence-corrected chi connectivity index (χ2v) is 4.60. The van der Waals surface area contributed by atoms with E-state index in [1.165, 1.54) is 0 Å². The maximum absolute atomic E-state index is 10.1. The van der Waals surface area contributed by atoms with Gasteiger partial charge in [-0.15, -0.1) is 0 Å². The quantitative estimate of drug-likeness (QED) is 0.775. The molecule has 3 aromatic rings. The molecule has 96 valence electrons. The first-order valence-electron chi connectivity index (χ1n) is 6.51. The molecule has 0 amide bonds. The van der Waals surface area contributed by atoms with Crippen molar-refractivity contribution >= 4 is 10.9 Å². The van der Waals surface area contributed by atoms with Gasteiger partial charge in [-0.25, -0.2) is 4.68 Å². The predicted molar refractivity (Wildman–Crippen MR) is 76.3 cm³/mol. The van der Waals surface area contributed by atoms with E-state index in [4.69, 9.17) is 0 Å². The van der Waals surface area contributed by atoms with E-state index in [-0.39, 0.29) is 0 Å². The van der Waals surface area contributed by atoms with Crippen molar-refractivity contribution < 1.29 is 5.11 Å². The average Bonchev–Trinajstić information content (AvgIpc) is 2.90. The van der Waals surface area contributed by atoms with Gasteiger partial charge in [0.2, 0.25) is 0 Å². The smallest absolute Gasteiger partial charge is 0.0808 e. The molecule has 0 spiro atoms. The fourth-order valence-electron chi connectivity index (χ4n) is 2.35. The van der Waals surface area contributed by atoms with Gasteiger partial charge in [0.15, 0.2) is 0 Å². The third-order valence-corrected chi connectivity index (χ3v) is 3.39. The molecule has 0 aliphatic carbocycles. The van der Waals surface area contributed by atoms with E-state index in [9.17, 15) is 5.11 Å². The third kappa shape index (κ3) is 2.02. The molecule has 1 aromatic heterocycles. The lowest BCUT2D eigenvalue weighted by molar-refractivity contribution is 0.173. The molecular formula is C16H16N2O. The van der Waals surface area contributed by atoms with E-state index in [1.807, 2.05) is 66.3 Å². The van der Waals surface area contributed by atoms with Gasteiger partial charge in [0.25, 0.3) is 0 Å². The molecule has 1 N–H and O–H groups in total. The molecular weight excluding hydrogens is 236 g/mol. The van der Waals surface area contributed by atoms with E-state index in [0.717, 1.165) is 22.2 Å². The molecule has 3 heteroatoms. The van der Waals surface area contributed by atoms with Crippen molar-refractivity contribution in [2.24, 2.45) is 0 Å². The second-order valence-electron chi connectivity index (χ2n) is 4.60. The van der Waals surface area contributed by atoms with Crippen LogP contribution in [0, 0.1) is 0 Å². The molecule has 0 bridgehead atoms. The molecule has 0 aliphatic heterocycles. The lowest BCUT2D eigenvalue weighted by atomic mass is 10.1. The Morgan fingerprint density at radius 2 is 1.84 bits per heavy atom. The molecule has 3 nitrogen and oxygen atoms in total. The number of aliphatic hydroxyl groups excluding tert-OH is 1. The Labute approximate surface area is 112 Å².